The van der Waals surface area contributed by atoms with Gasteiger partial charge in [0.05, 0.1) is 17.3 Å². The van der Waals surface area contributed by atoms with Crippen LogP contribution < -0.4 is 21.2 Å². The summed E-state index contributed by atoms with van der Waals surface area (Å²) >= 11 is 0. The molecule has 1 saturated carbocycles. The lowest BCUT2D eigenvalue weighted by atomic mass is 9.95. The molecule has 2 heterocycles. The van der Waals surface area contributed by atoms with Crippen molar-refractivity contribution in [3.8, 4) is 11.5 Å². The first kappa shape index (κ1) is 17.4. The van der Waals surface area contributed by atoms with Gasteiger partial charge in [-0.05, 0) is 25.0 Å². The summed E-state index contributed by atoms with van der Waals surface area (Å²) < 4.78 is 7.19. The highest BCUT2D eigenvalue weighted by Gasteiger charge is 2.29. The van der Waals surface area contributed by atoms with Gasteiger partial charge in [-0.2, -0.15) is 0 Å². The fourth-order valence-electron chi connectivity index (χ4n) is 3.74. The zero-order valence-corrected chi connectivity index (χ0v) is 15.4. The highest BCUT2D eigenvalue weighted by molar-refractivity contribution is 5.99. The van der Waals surface area contributed by atoms with Gasteiger partial charge in [-0.3, -0.25) is 19.5 Å². The molecule has 1 aromatic carbocycles. The van der Waals surface area contributed by atoms with Crippen LogP contribution >= 0.6 is 0 Å². The Labute approximate surface area is 155 Å². The number of aromatic nitrogens is 2. The number of benzene rings is 1. The third-order valence-electron chi connectivity index (χ3n) is 5.14. The first-order valence-corrected chi connectivity index (χ1v) is 9.15. The van der Waals surface area contributed by atoms with Crippen LogP contribution in [0.2, 0.25) is 0 Å². The van der Waals surface area contributed by atoms with Crippen LogP contribution in [0.4, 0.5) is 11.4 Å². The van der Waals surface area contributed by atoms with Crippen molar-refractivity contribution in [2.45, 2.75) is 38.1 Å². The van der Waals surface area contributed by atoms with Crippen molar-refractivity contribution < 1.29 is 9.53 Å². The van der Waals surface area contributed by atoms with Gasteiger partial charge < -0.3 is 15.0 Å². The topological polar surface area (TPSA) is 96.4 Å². The molecule has 0 saturated heterocycles. The molecule has 8 nitrogen and oxygen atoms in total. The Hall–Kier alpha value is -3.03. The monoisotopic (exact) mass is 370 g/mol. The molecule has 2 aromatic rings. The van der Waals surface area contributed by atoms with Crippen molar-refractivity contribution in [3.63, 3.8) is 0 Å². The van der Waals surface area contributed by atoms with Crippen LogP contribution in [0, 0.1) is 0 Å². The Morgan fingerprint density at radius 3 is 2.59 bits per heavy atom. The number of nitrogens with one attached hydrogen (secondary N) is 2. The van der Waals surface area contributed by atoms with Crippen LogP contribution in [0.1, 0.15) is 48.5 Å². The van der Waals surface area contributed by atoms with Crippen LogP contribution in [0.5, 0.6) is 11.5 Å². The summed E-state index contributed by atoms with van der Waals surface area (Å²) in [6.07, 6.45) is 4.97. The molecule has 2 aliphatic rings. The number of carbonyl (C=O) groups is 1. The van der Waals surface area contributed by atoms with Gasteiger partial charge in [0, 0.05) is 14.1 Å². The summed E-state index contributed by atoms with van der Waals surface area (Å²) in [5, 5.41) is 5.68. The van der Waals surface area contributed by atoms with E-state index in [9.17, 15) is 14.4 Å². The Bertz CT molecular complexity index is 1020. The van der Waals surface area contributed by atoms with E-state index in [-0.39, 0.29) is 34.7 Å². The minimum Gasteiger partial charge on any atom is -0.446 e. The van der Waals surface area contributed by atoms with Gasteiger partial charge in [-0.15, -0.1) is 0 Å². The number of aromatic amines is 1. The van der Waals surface area contributed by atoms with E-state index < -0.39 is 5.56 Å². The fourth-order valence-corrected chi connectivity index (χ4v) is 3.74. The highest BCUT2D eigenvalue weighted by atomic mass is 16.5. The summed E-state index contributed by atoms with van der Waals surface area (Å²) in [6.45, 7) is 0. The maximum absolute atomic E-state index is 13.0. The minimum absolute atomic E-state index is 0.00546. The van der Waals surface area contributed by atoms with E-state index in [1.54, 1.807) is 32.3 Å². The lowest BCUT2D eigenvalue weighted by Crippen LogP contribution is -2.36. The third-order valence-corrected chi connectivity index (χ3v) is 5.14. The summed E-state index contributed by atoms with van der Waals surface area (Å²) in [6, 6.07) is 5.06. The van der Waals surface area contributed by atoms with E-state index in [4.69, 9.17) is 4.74 Å². The summed E-state index contributed by atoms with van der Waals surface area (Å²) in [5.41, 5.74) is 0.137. The quantitative estimate of drug-likeness (QED) is 0.723. The van der Waals surface area contributed by atoms with Gasteiger partial charge in [0.25, 0.3) is 11.5 Å². The van der Waals surface area contributed by atoms with Gasteiger partial charge in [0.2, 0.25) is 5.75 Å². The first-order valence-electron chi connectivity index (χ1n) is 9.15. The standard InChI is InChI=1S/C19H22N4O4/c1-22(2)18(25)12-9-6-10-13-15(12)27-16-14(20-13)19(26)23(21-17(16)24)11-7-4-3-5-8-11/h6,9-11,20H,3-5,7-8H2,1-2H3,(H,21,24). The number of amides is 1. The Balaban J connectivity index is 1.80. The molecule has 1 aromatic heterocycles. The number of rotatable bonds is 2. The van der Waals surface area contributed by atoms with Crippen molar-refractivity contribution in [2.75, 3.05) is 19.4 Å². The summed E-state index contributed by atoms with van der Waals surface area (Å²) in [4.78, 5) is 39.4. The second-order valence-corrected chi connectivity index (χ2v) is 7.22. The normalized spacial score (nSPS) is 15.9. The smallest absolute Gasteiger partial charge is 0.308 e. The molecule has 1 fully saturated rings. The number of nitrogens with zero attached hydrogens (tertiary/aromatic N) is 2. The lowest BCUT2D eigenvalue weighted by molar-refractivity contribution is 0.0825. The van der Waals surface area contributed by atoms with Gasteiger partial charge in [0.1, 0.15) is 0 Å². The lowest BCUT2D eigenvalue weighted by Gasteiger charge is -2.27. The second-order valence-electron chi connectivity index (χ2n) is 7.22. The SMILES string of the molecule is CN(C)C(=O)c1cccc2c1Oc1c(c(=O)n(C3CCCCC3)[nH]c1=O)N2. The number of anilines is 2. The highest BCUT2D eigenvalue weighted by Crippen LogP contribution is 2.41. The van der Waals surface area contributed by atoms with Crippen LogP contribution in [0.3, 0.4) is 0 Å². The van der Waals surface area contributed by atoms with Gasteiger partial charge in [0.15, 0.2) is 11.4 Å². The summed E-state index contributed by atoms with van der Waals surface area (Å²) in [5.74, 6) is -0.0911. The fraction of sp³-hybridized carbons (Fsp3) is 0.421. The van der Waals surface area contributed by atoms with Crippen molar-refractivity contribution in [3.05, 3.63) is 44.5 Å². The maximum atomic E-state index is 13.0. The van der Waals surface area contributed by atoms with Crippen LogP contribution in [-0.2, 0) is 0 Å². The maximum Gasteiger partial charge on any atom is 0.308 e. The Morgan fingerprint density at radius 2 is 1.89 bits per heavy atom. The van der Waals surface area contributed by atoms with E-state index in [2.05, 4.69) is 10.4 Å². The third kappa shape index (κ3) is 2.90. The molecule has 1 aliphatic carbocycles. The average Bonchev–Trinajstić information content (AvgIpc) is 2.69. The molecule has 4 rings (SSSR count). The predicted molar refractivity (Wildman–Crippen MR) is 101 cm³/mol. The largest absolute Gasteiger partial charge is 0.446 e. The molecular formula is C19H22N4O4. The molecule has 0 atom stereocenters. The number of para-hydroxylation sites is 1. The van der Waals surface area contributed by atoms with E-state index in [0.29, 0.717) is 11.3 Å². The van der Waals surface area contributed by atoms with Gasteiger partial charge in [-0.1, -0.05) is 25.3 Å². The van der Waals surface area contributed by atoms with Gasteiger partial charge >= 0.3 is 5.56 Å². The number of H-pyrrole nitrogens is 1. The number of hydrogen-bond donors (Lipinski definition) is 2. The molecule has 0 unspecified atom stereocenters. The summed E-state index contributed by atoms with van der Waals surface area (Å²) in [7, 11) is 3.28. The van der Waals surface area contributed by atoms with Crippen LogP contribution in [-0.4, -0.2) is 34.7 Å². The first-order chi connectivity index (χ1) is 13.0. The van der Waals surface area contributed by atoms with E-state index in [0.717, 1.165) is 32.1 Å². The predicted octanol–water partition coefficient (Wildman–Crippen LogP) is 2.59. The van der Waals surface area contributed by atoms with E-state index in [1.807, 2.05) is 0 Å². The molecule has 1 amide bonds. The number of ether oxygens (including phenoxy) is 1. The van der Waals surface area contributed by atoms with E-state index in [1.165, 1.54) is 9.58 Å². The molecule has 1 aliphatic heterocycles. The molecular weight excluding hydrogens is 348 g/mol. The van der Waals surface area contributed by atoms with Crippen molar-refractivity contribution in [1.29, 1.82) is 0 Å². The van der Waals surface area contributed by atoms with E-state index >= 15 is 0 Å². The van der Waals surface area contributed by atoms with Crippen molar-refractivity contribution in [1.82, 2.24) is 14.7 Å². The molecule has 2 N–H and O–H groups in total. The Morgan fingerprint density at radius 1 is 1.15 bits per heavy atom. The molecule has 8 heteroatoms. The molecule has 0 bridgehead atoms. The minimum atomic E-state index is -0.486. The number of hydrogen-bond acceptors (Lipinski definition) is 5. The zero-order chi connectivity index (χ0) is 19.1. The number of fused-ring (bicyclic) bond motifs is 2. The Kier molecular flexibility index (Phi) is 4.25. The second kappa shape index (κ2) is 6.61. The number of carbonyl (C=O) groups excluding carboxylic acids is 1. The zero-order valence-electron chi connectivity index (χ0n) is 15.4. The average molecular weight is 370 g/mol. The molecule has 142 valence electrons. The molecule has 0 radical (unpaired) electrons. The van der Waals surface area contributed by atoms with Crippen LogP contribution in [0.25, 0.3) is 0 Å². The van der Waals surface area contributed by atoms with Crippen molar-refractivity contribution >= 4 is 17.3 Å². The molecule has 27 heavy (non-hydrogen) atoms. The molecule has 0 spiro atoms. The van der Waals surface area contributed by atoms with Crippen molar-refractivity contribution in [2.24, 2.45) is 0 Å². The van der Waals surface area contributed by atoms with Crippen LogP contribution in [0.15, 0.2) is 27.8 Å². The van der Waals surface area contributed by atoms with Gasteiger partial charge in [-0.25, -0.2) is 4.68 Å².